The van der Waals surface area contributed by atoms with Gasteiger partial charge in [0.25, 0.3) is 0 Å². The lowest BCUT2D eigenvalue weighted by Crippen LogP contribution is -2.46. The predicted molar refractivity (Wildman–Crippen MR) is 73.1 cm³/mol. The fraction of sp³-hybridized carbons (Fsp3) is 0.643. The molecule has 0 saturated carbocycles. The van der Waals surface area contributed by atoms with Crippen LogP contribution in [0.2, 0.25) is 0 Å². The molecule has 2 unspecified atom stereocenters. The number of carbonyl (C=O) groups is 2. The molecule has 6 nitrogen and oxygen atoms in total. The number of amides is 1. The third kappa shape index (κ3) is 4.23. The number of aryl methyl sites for hydroxylation is 1. The van der Waals surface area contributed by atoms with Crippen molar-refractivity contribution in [2.45, 2.75) is 32.0 Å². The third-order valence-corrected chi connectivity index (χ3v) is 3.82. The molecule has 0 aliphatic carbocycles. The molecular weight excluding hydrogens is 315 g/mol. The molecule has 2 heterocycles. The number of piperidine rings is 1. The normalized spacial score (nSPS) is 22.0. The van der Waals surface area contributed by atoms with E-state index in [0.29, 0.717) is 6.42 Å². The molecular formula is C14H18F3N3O3. The van der Waals surface area contributed by atoms with Crippen LogP contribution in [-0.2, 0) is 21.4 Å². The molecule has 1 fully saturated rings. The molecule has 0 N–H and O–H groups in total. The minimum atomic E-state index is -4.66. The minimum absolute atomic E-state index is 0.152. The zero-order valence-corrected chi connectivity index (χ0v) is 12.8. The summed E-state index contributed by atoms with van der Waals surface area (Å²) in [6.07, 6.45) is -1.64. The van der Waals surface area contributed by atoms with Gasteiger partial charge in [-0.2, -0.15) is 18.3 Å². The van der Waals surface area contributed by atoms with Crippen LogP contribution in [0.3, 0.4) is 0 Å². The van der Waals surface area contributed by atoms with Gasteiger partial charge >= 0.3 is 18.1 Å². The summed E-state index contributed by atoms with van der Waals surface area (Å²) in [6.45, 7) is 0.438. The Morgan fingerprint density at radius 3 is 2.65 bits per heavy atom. The SMILES string of the molecule is CC1CCC(c2ccnn2C)N(C(=O)C(=O)OCC(F)(F)F)C1. The number of carbonyl (C=O) groups excluding carboxylic acids is 2. The maximum Gasteiger partial charge on any atom is 0.422 e. The largest absolute Gasteiger partial charge is 0.449 e. The molecule has 0 bridgehead atoms. The number of esters is 1. The predicted octanol–water partition coefficient (Wildman–Crippen LogP) is 1.83. The van der Waals surface area contributed by atoms with Crippen LogP contribution in [0, 0.1) is 5.92 Å². The minimum Gasteiger partial charge on any atom is -0.449 e. The van der Waals surface area contributed by atoms with Crippen LogP contribution in [0.1, 0.15) is 31.5 Å². The number of likely N-dealkylation sites (tertiary alicyclic amines) is 1. The van der Waals surface area contributed by atoms with Gasteiger partial charge in [0, 0.05) is 19.8 Å². The molecule has 1 amide bonds. The lowest BCUT2D eigenvalue weighted by atomic mass is 9.92. The summed E-state index contributed by atoms with van der Waals surface area (Å²) in [5.41, 5.74) is 0.730. The first-order valence-corrected chi connectivity index (χ1v) is 7.21. The average molecular weight is 333 g/mol. The van der Waals surface area contributed by atoms with Crippen molar-refractivity contribution in [3.8, 4) is 0 Å². The van der Waals surface area contributed by atoms with E-state index in [1.54, 1.807) is 24.0 Å². The molecule has 0 radical (unpaired) electrons. The Bertz CT molecular complexity index is 585. The molecule has 1 aliphatic rings. The van der Waals surface area contributed by atoms with Crippen molar-refractivity contribution in [1.82, 2.24) is 14.7 Å². The van der Waals surface area contributed by atoms with Crippen molar-refractivity contribution in [2.24, 2.45) is 13.0 Å². The van der Waals surface area contributed by atoms with E-state index >= 15 is 0 Å². The third-order valence-electron chi connectivity index (χ3n) is 3.82. The average Bonchev–Trinajstić information content (AvgIpc) is 2.89. The topological polar surface area (TPSA) is 64.4 Å². The number of aromatic nitrogens is 2. The summed E-state index contributed by atoms with van der Waals surface area (Å²) in [5.74, 6) is -2.38. The number of alkyl halides is 3. The van der Waals surface area contributed by atoms with E-state index < -0.39 is 30.7 Å². The first-order chi connectivity index (χ1) is 10.7. The summed E-state index contributed by atoms with van der Waals surface area (Å²) < 4.78 is 42.0. The Balaban J connectivity index is 2.14. The highest BCUT2D eigenvalue weighted by atomic mass is 19.4. The van der Waals surface area contributed by atoms with E-state index in [2.05, 4.69) is 9.84 Å². The second-order valence-electron chi connectivity index (χ2n) is 5.73. The van der Waals surface area contributed by atoms with Gasteiger partial charge in [0.1, 0.15) is 0 Å². The fourth-order valence-electron chi connectivity index (χ4n) is 2.72. The number of rotatable bonds is 2. The molecule has 128 valence electrons. The van der Waals surface area contributed by atoms with Crippen molar-refractivity contribution in [2.75, 3.05) is 13.2 Å². The monoisotopic (exact) mass is 333 g/mol. The van der Waals surface area contributed by atoms with Crippen molar-refractivity contribution in [1.29, 1.82) is 0 Å². The van der Waals surface area contributed by atoms with E-state index in [1.165, 1.54) is 4.90 Å². The van der Waals surface area contributed by atoms with E-state index in [1.807, 2.05) is 6.92 Å². The van der Waals surface area contributed by atoms with Crippen LogP contribution < -0.4 is 0 Å². The zero-order chi connectivity index (χ0) is 17.2. The molecule has 0 spiro atoms. The van der Waals surface area contributed by atoms with Crippen molar-refractivity contribution in [3.63, 3.8) is 0 Å². The Morgan fingerprint density at radius 1 is 1.39 bits per heavy atom. The molecule has 1 aromatic rings. The summed E-state index contributed by atoms with van der Waals surface area (Å²) in [6, 6.07) is 1.33. The Labute approximate surface area is 131 Å². The lowest BCUT2D eigenvalue weighted by Gasteiger charge is -2.37. The Morgan fingerprint density at radius 2 is 2.09 bits per heavy atom. The van der Waals surface area contributed by atoms with Gasteiger partial charge in [-0.15, -0.1) is 0 Å². The van der Waals surface area contributed by atoms with E-state index in [9.17, 15) is 22.8 Å². The standard InChI is InChI=1S/C14H18F3N3O3/c1-9-3-4-11(10-5-6-18-19(10)2)20(7-9)12(21)13(22)23-8-14(15,16)17/h5-6,9,11H,3-4,7-8H2,1-2H3. The van der Waals surface area contributed by atoms with Crippen LogP contribution in [0.25, 0.3) is 0 Å². The van der Waals surface area contributed by atoms with Gasteiger partial charge in [-0.1, -0.05) is 6.92 Å². The van der Waals surface area contributed by atoms with Crippen LogP contribution in [0.5, 0.6) is 0 Å². The van der Waals surface area contributed by atoms with Gasteiger partial charge in [0.15, 0.2) is 6.61 Å². The second kappa shape index (κ2) is 6.59. The molecule has 1 saturated heterocycles. The van der Waals surface area contributed by atoms with Gasteiger partial charge in [-0.25, -0.2) is 4.79 Å². The van der Waals surface area contributed by atoms with Gasteiger partial charge in [0.05, 0.1) is 11.7 Å². The highest BCUT2D eigenvalue weighted by Crippen LogP contribution is 2.33. The molecule has 9 heteroatoms. The molecule has 2 atom stereocenters. The number of halogens is 3. The molecule has 0 aromatic carbocycles. The molecule has 23 heavy (non-hydrogen) atoms. The maximum absolute atomic E-state index is 12.2. The van der Waals surface area contributed by atoms with Crippen molar-refractivity contribution < 1.29 is 27.5 Å². The number of hydrogen-bond acceptors (Lipinski definition) is 4. The summed E-state index contributed by atoms with van der Waals surface area (Å²) in [4.78, 5) is 25.2. The van der Waals surface area contributed by atoms with E-state index in [-0.39, 0.29) is 12.5 Å². The highest BCUT2D eigenvalue weighted by Gasteiger charge is 2.38. The number of ether oxygens (including phenoxy) is 1. The van der Waals surface area contributed by atoms with Gasteiger partial charge < -0.3 is 9.64 Å². The van der Waals surface area contributed by atoms with Gasteiger partial charge in [-0.05, 0) is 24.8 Å². The second-order valence-corrected chi connectivity index (χ2v) is 5.73. The van der Waals surface area contributed by atoms with Gasteiger partial charge in [0.2, 0.25) is 0 Å². The zero-order valence-electron chi connectivity index (χ0n) is 12.8. The van der Waals surface area contributed by atoms with Gasteiger partial charge in [-0.3, -0.25) is 9.48 Å². The highest BCUT2D eigenvalue weighted by molar-refractivity contribution is 6.32. The number of hydrogen-bond donors (Lipinski definition) is 0. The summed E-state index contributed by atoms with van der Waals surface area (Å²) in [5, 5.41) is 4.03. The Hall–Kier alpha value is -2.06. The molecule has 1 aliphatic heterocycles. The smallest absolute Gasteiger partial charge is 0.422 e. The first-order valence-electron chi connectivity index (χ1n) is 7.21. The maximum atomic E-state index is 12.2. The summed E-state index contributed by atoms with van der Waals surface area (Å²) >= 11 is 0. The number of nitrogens with zero attached hydrogens (tertiary/aromatic N) is 3. The van der Waals surface area contributed by atoms with Crippen LogP contribution in [-0.4, -0.2) is 45.9 Å². The lowest BCUT2D eigenvalue weighted by molar-refractivity contribution is -0.190. The molecule has 1 aromatic heterocycles. The quantitative estimate of drug-likeness (QED) is 0.612. The first kappa shape index (κ1) is 17.3. The fourth-order valence-corrected chi connectivity index (χ4v) is 2.72. The Kier molecular flexibility index (Phi) is 4.96. The van der Waals surface area contributed by atoms with E-state index in [0.717, 1.165) is 12.1 Å². The van der Waals surface area contributed by atoms with Crippen molar-refractivity contribution in [3.05, 3.63) is 18.0 Å². The van der Waals surface area contributed by atoms with Crippen LogP contribution >= 0.6 is 0 Å². The van der Waals surface area contributed by atoms with E-state index in [4.69, 9.17) is 0 Å². The van der Waals surface area contributed by atoms with Crippen molar-refractivity contribution >= 4 is 11.9 Å². The molecule has 2 rings (SSSR count). The van der Waals surface area contributed by atoms with Crippen LogP contribution in [0.15, 0.2) is 12.3 Å². The summed E-state index contributed by atoms with van der Waals surface area (Å²) in [7, 11) is 1.71. The van der Waals surface area contributed by atoms with Crippen LogP contribution in [0.4, 0.5) is 13.2 Å².